The van der Waals surface area contributed by atoms with Crippen LogP contribution in [0.4, 0.5) is 26.2 Å². The van der Waals surface area contributed by atoms with E-state index in [0.717, 1.165) is 16.9 Å². The number of rotatable bonds is 2. The highest BCUT2D eigenvalue weighted by atomic mass is 19.1. The van der Waals surface area contributed by atoms with Crippen LogP contribution in [0.3, 0.4) is 0 Å². The number of hydrogen-bond donors (Lipinski definition) is 2. The van der Waals surface area contributed by atoms with Gasteiger partial charge >= 0.3 is 6.03 Å². The van der Waals surface area contributed by atoms with Gasteiger partial charge in [-0.15, -0.1) is 0 Å². The molecular weight excluding hydrogens is 429 g/mol. The summed E-state index contributed by atoms with van der Waals surface area (Å²) < 4.78 is 13.4. The lowest BCUT2D eigenvalue weighted by molar-refractivity contribution is -0.118. The molecule has 34 heavy (non-hydrogen) atoms. The topological polar surface area (TPSA) is 61.4 Å². The maximum Gasteiger partial charge on any atom is 0.327 e. The fourth-order valence-electron chi connectivity index (χ4n) is 4.88. The molecule has 172 valence electrons. The molecule has 6 heteroatoms. The van der Waals surface area contributed by atoms with E-state index < -0.39 is 12.1 Å². The fraction of sp³-hybridized carbons (Fsp3) is 0.214. The molecule has 0 saturated carbocycles. The average Bonchev–Trinajstić information content (AvgIpc) is 2.94. The van der Waals surface area contributed by atoms with Crippen LogP contribution in [0.15, 0.2) is 90.1 Å². The van der Waals surface area contributed by atoms with Crippen LogP contribution < -0.4 is 15.5 Å². The Balaban J connectivity index is 1.70. The molecule has 3 aromatic rings. The average molecular weight is 456 g/mol. The van der Waals surface area contributed by atoms with Gasteiger partial charge in [-0.2, -0.15) is 0 Å². The minimum Gasteiger partial charge on any atom is -0.357 e. The van der Waals surface area contributed by atoms with Crippen molar-refractivity contribution < 1.29 is 14.0 Å². The number of fused-ring (bicyclic) bond motifs is 1. The molecule has 1 unspecified atom stereocenters. The standard InChI is InChI=1S/C28H26FN3O2/c1-28(2)16-22-25(24(33)17-28)26(18-8-4-3-5-9-18)32(23-11-7-6-10-21(23)31-22)27(34)30-20-14-12-19(29)13-15-20/h3-15,26,31H,16-17H2,1-2H3,(H,30,34). The maximum absolute atomic E-state index is 13.8. The van der Waals surface area contributed by atoms with Gasteiger partial charge in [-0.1, -0.05) is 56.3 Å². The van der Waals surface area contributed by atoms with Gasteiger partial charge in [0.1, 0.15) is 5.82 Å². The summed E-state index contributed by atoms with van der Waals surface area (Å²) in [6.07, 6.45) is 1.10. The molecule has 5 nitrogen and oxygen atoms in total. The van der Waals surface area contributed by atoms with Crippen molar-refractivity contribution in [2.45, 2.75) is 32.7 Å². The van der Waals surface area contributed by atoms with Crippen LogP contribution in [0.25, 0.3) is 0 Å². The number of Topliss-reactive ketones (excluding diaryl/α,β-unsaturated/α-hetero) is 1. The number of halogens is 1. The number of nitrogens with one attached hydrogen (secondary N) is 2. The number of amides is 2. The Morgan fingerprint density at radius 1 is 0.971 bits per heavy atom. The van der Waals surface area contributed by atoms with Gasteiger partial charge in [0.2, 0.25) is 0 Å². The van der Waals surface area contributed by atoms with Crippen molar-refractivity contribution >= 4 is 28.9 Å². The molecule has 1 heterocycles. The van der Waals surface area contributed by atoms with Crippen molar-refractivity contribution in [1.82, 2.24) is 0 Å². The van der Waals surface area contributed by atoms with Gasteiger partial charge < -0.3 is 10.6 Å². The number of carbonyl (C=O) groups excluding carboxylic acids is 2. The maximum atomic E-state index is 13.8. The number of benzene rings is 3. The van der Waals surface area contributed by atoms with E-state index >= 15 is 0 Å². The van der Waals surface area contributed by atoms with E-state index in [1.807, 2.05) is 54.6 Å². The second kappa shape index (κ2) is 8.45. The summed E-state index contributed by atoms with van der Waals surface area (Å²) in [6, 6.07) is 21.8. The van der Waals surface area contributed by atoms with E-state index in [4.69, 9.17) is 0 Å². The summed E-state index contributed by atoms with van der Waals surface area (Å²) in [5, 5.41) is 6.38. The number of para-hydroxylation sites is 2. The minimum absolute atomic E-state index is 0.0278. The molecule has 0 fully saturated rings. The van der Waals surface area contributed by atoms with Gasteiger partial charge in [-0.25, -0.2) is 9.18 Å². The Bertz CT molecular complexity index is 1280. The summed E-state index contributed by atoms with van der Waals surface area (Å²) >= 11 is 0. The van der Waals surface area contributed by atoms with Crippen molar-refractivity contribution in [2.24, 2.45) is 5.41 Å². The summed E-state index contributed by atoms with van der Waals surface area (Å²) in [5.74, 6) is -0.352. The van der Waals surface area contributed by atoms with E-state index in [1.54, 1.807) is 4.90 Å². The highest BCUT2D eigenvalue weighted by Crippen LogP contribution is 2.48. The van der Waals surface area contributed by atoms with Gasteiger partial charge in [0.25, 0.3) is 0 Å². The molecule has 0 bridgehead atoms. The number of allylic oxidation sites excluding steroid dienone is 1. The molecule has 2 amide bonds. The van der Waals surface area contributed by atoms with Gasteiger partial charge in [0.15, 0.2) is 5.78 Å². The molecule has 0 spiro atoms. The summed E-state index contributed by atoms with van der Waals surface area (Å²) in [7, 11) is 0. The Morgan fingerprint density at radius 3 is 2.38 bits per heavy atom. The number of carbonyl (C=O) groups is 2. The number of ketones is 1. The number of urea groups is 1. The van der Waals surface area contributed by atoms with Gasteiger partial charge in [-0.3, -0.25) is 9.69 Å². The Morgan fingerprint density at radius 2 is 1.65 bits per heavy atom. The lowest BCUT2D eigenvalue weighted by atomic mass is 9.73. The quantitative estimate of drug-likeness (QED) is 0.453. The van der Waals surface area contributed by atoms with Crippen LogP contribution in [-0.4, -0.2) is 11.8 Å². The van der Waals surface area contributed by atoms with Crippen molar-refractivity contribution in [3.8, 4) is 0 Å². The summed E-state index contributed by atoms with van der Waals surface area (Å²) in [6.45, 7) is 4.17. The molecule has 1 atom stereocenters. The molecule has 0 saturated heterocycles. The first kappa shape index (κ1) is 21.9. The van der Waals surface area contributed by atoms with Gasteiger partial charge in [0, 0.05) is 23.4 Å². The van der Waals surface area contributed by atoms with Crippen LogP contribution >= 0.6 is 0 Å². The molecule has 1 aliphatic carbocycles. The number of nitrogens with zero attached hydrogens (tertiary/aromatic N) is 1. The summed E-state index contributed by atoms with van der Waals surface area (Å²) in [4.78, 5) is 29.1. The fourth-order valence-corrected chi connectivity index (χ4v) is 4.88. The zero-order valence-corrected chi connectivity index (χ0v) is 19.1. The van der Waals surface area contributed by atoms with E-state index in [0.29, 0.717) is 29.8 Å². The van der Waals surface area contributed by atoms with Gasteiger partial charge in [0.05, 0.1) is 17.4 Å². The second-order valence-corrected chi connectivity index (χ2v) is 9.60. The lowest BCUT2D eigenvalue weighted by Crippen LogP contribution is -2.41. The highest BCUT2D eigenvalue weighted by Gasteiger charge is 2.43. The Labute approximate surface area is 198 Å². The second-order valence-electron chi connectivity index (χ2n) is 9.60. The molecule has 3 aromatic carbocycles. The first-order valence-corrected chi connectivity index (χ1v) is 11.4. The van der Waals surface area contributed by atoms with E-state index in [-0.39, 0.29) is 17.0 Å². The van der Waals surface area contributed by atoms with E-state index in [1.165, 1.54) is 24.3 Å². The molecule has 2 aliphatic rings. The molecule has 1 aliphatic heterocycles. The zero-order chi connectivity index (χ0) is 23.9. The zero-order valence-electron chi connectivity index (χ0n) is 19.1. The van der Waals surface area contributed by atoms with E-state index in [2.05, 4.69) is 24.5 Å². The van der Waals surface area contributed by atoms with Crippen molar-refractivity contribution in [3.05, 3.63) is 102 Å². The molecule has 0 radical (unpaired) electrons. The van der Waals surface area contributed by atoms with E-state index in [9.17, 15) is 14.0 Å². The first-order chi connectivity index (χ1) is 16.3. The molecular formula is C28H26FN3O2. The largest absolute Gasteiger partial charge is 0.357 e. The monoisotopic (exact) mass is 455 g/mol. The molecule has 2 N–H and O–H groups in total. The normalized spacial score (nSPS) is 19.0. The smallest absolute Gasteiger partial charge is 0.327 e. The highest BCUT2D eigenvalue weighted by molar-refractivity contribution is 6.09. The minimum atomic E-state index is -0.614. The lowest BCUT2D eigenvalue weighted by Gasteiger charge is -2.37. The predicted octanol–water partition coefficient (Wildman–Crippen LogP) is 6.67. The van der Waals surface area contributed by atoms with Crippen LogP contribution in [-0.2, 0) is 4.79 Å². The van der Waals surface area contributed by atoms with Crippen molar-refractivity contribution in [2.75, 3.05) is 15.5 Å². The van der Waals surface area contributed by atoms with Crippen molar-refractivity contribution in [3.63, 3.8) is 0 Å². The van der Waals surface area contributed by atoms with Gasteiger partial charge in [-0.05, 0) is 53.8 Å². The summed E-state index contributed by atoms with van der Waals surface area (Å²) in [5.41, 5.74) is 4.00. The third-order valence-corrected chi connectivity index (χ3v) is 6.33. The van der Waals surface area contributed by atoms with Crippen LogP contribution in [0.5, 0.6) is 0 Å². The van der Waals surface area contributed by atoms with Crippen LogP contribution in [0, 0.1) is 11.2 Å². The number of hydrogen-bond acceptors (Lipinski definition) is 3. The van der Waals surface area contributed by atoms with Crippen molar-refractivity contribution in [1.29, 1.82) is 0 Å². The number of anilines is 3. The third-order valence-electron chi connectivity index (χ3n) is 6.33. The third kappa shape index (κ3) is 4.07. The van der Waals surface area contributed by atoms with Crippen LogP contribution in [0.2, 0.25) is 0 Å². The Hall–Kier alpha value is -3.93. The van der Waals surface area contributed by atoms with Crippen LogP contribution in [0.1, 0.15) is 38.3 Å². The first-order valence-electron chi connectivity index (χ1n) is 11.4. The predicted molar refractivity (Wildman–Crippen MR) is 132 cm³/mol. The molecule has 0 aromatic heterocycles. The Kier molecular flexibility index (Phi) is 5.44. The SMILES string of the molecule is CC1(C)CC(=O)C2=C(C1)Nc1ccccc1N(C(=O)Nc1ccc(F)cc1)C2c1ccccc1. The molecule has 5 rings (SSSR count).